The van der Waals surface area contributed by atoms with E-state index in [1.807, 2.05) is 12.2 Å². The molecule has 0 unspecified atom stereocenters. The van der Waals surface area contributed by atoms with Gasteiger partial charge in [0.2, 0.25) is 0 Å². The van der Waals surface area contributed by atoms with Gasteiger partial charge in [-0.15, -0.1) is 11.6 Å². The molecule has 0 saturated carbocycles. The Balaban J connectivity index is 2.51. The molecule has 1 rings (SSSR count). The lowest BCUT2D eigenvalue weighted by molar-refractivity contribution is 0.629. The van der Waals surface area contributed by atoms with Crippen LogP contribution < -0.4 is 5.32 Å². The molecule has 0 aliphatic carbocycles. The Bertz CT molecular complexity index is 326. The third-order valence-electron chi connectivity index (χ3n) is 1.60. The van der Waals surface area contributed by atoms with Crippen LogP contribution in [-0.2, 0) is 0 Å². The second-order valence-electron chi connectivity index (χ2n) is 2.64. The highest BCUT2D eigenvalue weighted by atomic mass is 35.5. The van der Waals surface area contributed by atoms with Crippen LogP contribution in [0.15, 0.2) is 30.4 Å². The van der Waals surface area contributed by atoms with Gasteiger partial charge in [0.1, 0.15) is 5.82 Å². The summed E-state index contributed by atoms with van der Waals surface area (Å²) in [5.41, 5.74) is 0.700. The first-order valence-electron chi connectivity index (χ1n) is 4.14. The van der Waals surface area contributed by atoms with Crippen LogP contribution in [0, 0.1) is 5.82 Å². The van der Waals surface area contributed by atoms with E-state index in [2.05, 4.69) is 5.32 Å². The Morgan fingerprint density at radius 3 is 2.79 bits per heavy atom. The number of halogens is 3. The van der Waals surface area contributed by atoms with Gasteiger partial charge in [0, 0.05) is 18.1 Å². The lowest BCUT2D eigenvalue weighted by Gasteiger charge is -2.03. The molecule has 0 spiro atoms. The zero-order chi connectivity index (χ0) is 10.4. The maximum atomic E-state index is 12.9. The highest BCUT2D eigenvalue weighted by Crippen LogP contribution is 2.18. The Morgan fingerprint density at radius 1 is 1.36 bits per heavy atom. The van der Waals surface area contributed by atoms with E-state index in [1.54, 1.807) is 6.07 Å². The number of allylic oxidation sites excluding steroid dienone is 1. The zero-order valence-corrected chi connectivity index (χ0v) is 8.95. The number of benzene rings is 1. The standard InChI is InChI=1S/C10H10Cl2FN/c11-5-1-2-6-14-8-3-4-9(12)10(13)7-8/h1-4,7,14H,5-6H2/b2-1+. The summed E-state index contributed by atoms with van der Waals surface area (Å²) in [5.74, 6) is 0.0643. The topological polar surface area (TPSA) is 12.0 Å². The van der Waals surface area contributed by atoms with Crippen LogP contribution in [0.3, 0.4) is 0 Å². The maximum Gasteiger partial charge on any atom is 0.143 e. The summed E-state index contributed by atoms with van der Waals surface area (Å²) in [6, 6.07) is 4.60. The zero-order valence-electron chi connectivity index (χ0n) is 7.43. The van der Waals surface area contributed by atoms with Crippen molar-refractivity contribution in [3.05, 3.63) is 41.2 Å². The molecule has 0 aliphatic heterocycles. The number of anilines is 1. The van der Waals surface area contributed by atoms with Gasteiger partial charge in [-0.3, -0.25) is 0 Å². The molecule has 76 valence electrons. The van der Waals surface area contributed by atoms with Gasteiger partial charge in [0.25, 0.3) is 0 Å². The molecule has 1 nitrogen and oxygen atoms in total. The molecular formula is C10H10Cl2FN. The first-order valence-corrected chi connectivity index (χ1v) is 5.05. The van der Waals surface area contributed by atoms with E-state index in [4.69, 9.17) is 23.2 Å². The van der Waals surface area contributed by atoms with Gasteiger partial charge < -0.3 is 5.32 Å². The maximum absolute atomic E-state index is 12.9. The molecule has 0 heterocycles. The van der Waals surface area contributed by atoms with Crippen LogP contribution in [-0.4, -0.2) is 12.4 Å². The van der Waals surface area contributed by atoms with Gasteiger partial charge in [-0.1, -0.05) is 23.8 Å². The number of hydrogen-bond donors (Lipinski definition) is 1. The Kier molecular flexibility index (Phi) is 4.77. The Hall–Kier alpha value is -0.730. The molecule has 0 radical (unpaired) electrons. The second kappa shape index (κ2) is 5.89. The molecule has 0 fully saturated rings. The SMILES string of the molecule is Fc1cc(NC/C=C/CCl)ccc1Cl. The van der Waals surface area contributed by atoms with E-state index < -0.39 is 5.82 Å². The van der Waals surface area contributed by atoms with E-state index in [1.165, 1.54) is 12.1 Å². The van der Waals surface area contributed by atoms with Crippen LogP contribution in [0.5, 0.6) is 0 Å². The summed E-state index contributed by atoms with van der Waals surface area (Å²) in [4.78, 5) is 0. The summed E-state index contributed by atoms with van der Waals surface area (Å²) in [6.45, 7) is 0.619. The molecular weight excluding hydrogens is 224 g/mol. The summed E-state index contributed by atoms with van der Waals surface area (Å²) < 4.78 is 12.9. The molecule has 0 aromatic heterocycles. The molecule has 14 heavy (non-hydrogen) atoms. The minimum atomic E-state index is -0.419. The molecule has 1 N–H and O–H groups in total. The van der Waals surface area contributed by atoms with Crippen molar-refractivity contribution in [2.75, 3.05) is 17.7 Å². The van der Waals surface area contributed by atoms with Gasteiger partial charge in [-0.2, -0.15) is 0 Å². The van der Waals surface area contributed by atoms with E-state index in [-0.39, 0.29) is 5.02 Å². The third kappa shape index (κ3) is 3.56. The molecule has 0 bridgehead atoms. The average molecular weight is 234 g/mol. The second-order valence-corrected chi connectivity index (χ2v) is 3.35. The van der Waals surface area contributed by atoms with Gasteiger partial charge in [0.05, 0.1) is 5.02 Å². The normalized spacial score (nSPS) is 10.8. The number of nitrogens with one attached hydrogen (secondary N) is 1. The highest BCUT2D eigenvalue weighted by molar-refractivity contribution is 6.30. The number of rotatable bonds is 4. The average Bonchev–Trinajstić information content (AvgIpc) is 2.18. The van der Waals surface area contributed by atoms with Crippen molar-refractivity contribution in [2.24, 2.45) is 0 Å². The fourth-order valence-electron chi connectivity index (χ4n) is 0.929. The van der Waals surface area contributed by atoms with E-state index >= 15 is 0 Å². The van der Waals surface area contributed by atoms with Crippen molar-refractivity contribution >= 4 is 28.9 Å². The van der Waals surface area contributed by atoms with Crippen molar-refractivity contribution in [2.45, 2.75) is 0 Å². The summed E-state index contributed by atoms with van der Waals surface area (Å²) in [5, 5.41) is 3.13. The van der Waals surface area contributed by atoms with Crippen LogP contribution in [0.1, 0.15) is 0 Å². The van der Waals surface area contributed by atoms with Gasteiger partial charge >= 0.3 is 0 Å². The monoisotopic (exact) mass is 233 g/mol. The lowest BCUT2D eigenvalue weighted by Crippen LogP contribution is -1.98. The number of hydrogen-bond acceptors (Lipinski definition) is 1. The van der Waals surface area contributed by atoms with Crippen molar-refractivity contribution in [3.8, 4) is 0 Å². The minimum absolute atomic E-state index is 0.131. The van der Waals surface area contributed by atoms with Gasteiger partial charge in [0.15, 0.2) is 0 Å². The fourth-order valence-corrected chi connectivity index (χ4v) is 1.17. The van der Waals surface area contributed by atoms with E-state index in [0.717, 1.165) is 0 Å². The minimum Gasteiger partial charge on any atom is -0.381 e. The van der Waals surface area contributed by atoms with Gasteiger partial charge in [-0.25, -0.2) is 4.39 Å². The van der Waals surface area contributed by atoms with E-state index in [9.17, 15) is 4.39 Å². The molecule has 0 saturated heterocycles. The summed E-state index contributed by atoms with van der Waals surface area (Å²) >= 11 is 11.0. The van der Waals surface area contributed by atoms with Crippen LogP contribution in [0.4, 0.5) is 10.1 Å². The van der Waals surface area contributed by atoms with E-state index in [0.29, 0.717) is 18.1 Å². The smallest absolute Gasteiger partial charge is 0.143 e. The molecule has 0 atom stereocenters. The molecule has 0 amide bonds. The van der Waals surface area contributed by atoms with Crippen molar-refractivity contribution in [1.29, 1.82) is 0 Å². The first kappa shape index (κ1) is 11.3. The van der Waals surface area contributed by atoms with Crippen LogP contribution in [0.2, 0.25) is 5.02 Å². The highest BCUT2D eigenvalue weighted by Gasteiger charge is 1.98. The molecule has 4 heteroatoms. The molecule has 0 aliphatic rings. The Labute approximate surface area is 92.5 Å². The Morgan fingerprint density at radius 2 is 2.14 bits per heavy atom. The first-order chi connectivity index (χ1) is 6.74. The lowest BCUT2D eigenvalue weighted by atomic mass is 10.3. The summed E-state index contributed by atoms with van der Waals surface area (Å²) in [7, 11) is 0. The fraction of sp³-hybridized carbons (Fsp3) is 0.200. The molecule has 1 aromatic carbocycles. The van der Waals surface area contributed by atoms with Crippen molar-refractivity contribution in [1.82, 2.24) is 0 Å². The third-order valence-corrected chi connectivity index (χ3v) is 2.08. The van der Waals surface area contributed by atoms with Crippen molar-refractivity contribution < 1.29 is 4.39 Å². The summed E-state index contributed by atoms with van der Waals surface area (Å²) in [6.07, 6.45) is 3.69. The van der Waals surface area contributed by atoms with Crippen molar-refractivity contribution in [3.63, 3.8) is 0 Å². The molecule has 1 aromatic rings. The largest absolute Gasteiger partial charge is 0.381 e. The quantitative estimate of drug-likeness (QED) is 0.618. The van der Waals surface area contributed by atoms with Crippen LogP contribution in [0.25, 0.3) is 0 Å². The predicted molar refractivity (Wildman–Crippen MR) is 59.8 cm³/mol. The predicted octanol–water partition coefficient (Wildman–Crippen LogP) is 3.69. The number of alkyl halides is 1. The van der Waals surface area contributed by atoms with Gasteiger partial charge in [-0.05, 0) is 18.2 Å². The van der Waals surface area contributed by atoms with Crippen LogP contribution >= 0.6 is 23.2 Å².